The van der Waals surface area contributed by atoms with Crippen LogP contribution in [0.1, 0.15) is 36.0 Å². The maximum absolute atomic E-state index is 14.2. The first-order valence-electron chi connectivity index (χ1n) is 14.1. The molecule has 3 aromatic carbocycles. The Labute approximate surface area is 272 Å². The third-order valence-corrected chi connectivity index (χ3v) is 9.28. The lowest BCUT2D eigenvalue weighted by Gasteiger charge is -2.33. The maximum Gasteiger partial charge on any atom is 0.246 e. The average Bonchev–Trinajstić information content (AvgIpc) is 2.96. The van der Waals surface area contributed by atoms with Gasteiger partial charge in [-0.3, -0.25) is 14.4 Å². The van der Waals surface area contributed by atoms with Crippen LogP contribution in [0.2, 0.25) is 25.9 Å². The number of amides is 2. The predicted octanol–water partition coefficient (Wildman–Crippen LogP) is 7.91. The summed E-state index contributed by atoms with van der Waals surface area (Å²) in [5.41, 5.74) is 3.09. The highest BCUT2D eigenvalue weighted by Crippen LogP contribution is 2.32. The molecule has 0 spiro atoms. The standard InChI is InChI=1S/C33H29BCl4N2O3/c35-26-11-9-21(15-28(26)37)13-23-18-40(19-24(31(23)41)14-22-10-12-27(36)29(38)16-22)32(42)30(17-20-5-2-1-3-6-20)39-33(43)34-25-7-4-8-25/h1-3,5-6,9-16,25,30,34H,4,7-8,17-19H2,(H,39,43)/b23-13+,24-14+. The number of benzene rings is 3. The zero-order chi connectivity index (χ0) is 30.5. The smallest absolute Gasteiger partial charge is 0.246 e. The van der Waals surface area contributed by atoms with E-state index in [1.54, 1.807) is 53.5 Å². The molecule has 3 aromatic rings. The first-order chi connectivity index (χ1) is 20.7. The van der Waals surface area contributed by atoms with Crippen molar-refractivity contribution < 1.29 is 14.4 Å². The van der Waals surface area contributed by atoms with Gasteiger partial charge in [-0.2, -0.15) is 0 Å². The molecule has 2 amide bonds. The molecule has 1 heterocycles. The summed E-state index contributed by atoms with van der Waals surface area (Å²) in [6.45, 7) is 0.140. The molecule has 5 nitrogen and oxygen atoms in total. The molecule has 5 rings (SSSR count). The molecule has 1 atom stereocenters. The maximum atomic E-state index is 14.2. The SMILES string of the molecule is O=C(BC1CCC1)NC(Cc1ccccc1)C(=O)N1C/C(=C\c2ccc(Cl)c(Cl)c2)C(=O)/C(=C/c2ccc(Cl)c(Cl)c2)C1. The van der Waals surface area contributed by atoms with Crippen molar-refractivity contribution in [3.8, 4) is 0 Å². The van der Waals surface area contributed by atoms with E-state index in [9.17, 15) is 14.4 Å². The molecule has 1 saturated heterocycles. The molecule has 43 heavy (non-hydrogen) atoms. The number of hydrogen-bond acceptors (Lipinski definition) is 3. The molecule has 1 unspecified atom stereocenters. The molecule has 0 aromatic heterocycles. The zero-order valence-electron chi connectivity index (χ0n) is 23.3. The van der Waals surface area contributed by atoms with E-state index in [4.69, 9.17) is 46.4 Å². The van der Waals surface area contributed by atoms with Crippen molar-refractivity contribution in [2.75, 3.05) is 13.1 Å². The number of ketones is 1. The summed E-state index contributed by atoms with van der Waals surface area (Å²) in [6, 6.07) is 19.0. The lowest BCUT2D eigenvalue weighted by Crippen LogP contribution is -2.53. The second-order valence-electron chi connectivity index (χ2n) is 11.0. The van der Waals surface area contributed by atoms with Gasteiger partial charge in [0.15, 0.2) is 11.6 Å². The lowest BCUT2D eigenvalue weighted by molar-refractivity contribution is -0.133. The van der Waals surface area contributed by atoms with E-state index >= 15 is 0 Å². The van der Waals surface area contributed by atoms with Crippen LogP contribution in [0.4, 0.5) is 4.79 Å². The van der Waals surface area contributed by atoms with Crippen molar-refractivity contribution >= 4 is 83.3 Å². The van der Waals surface area contributed by atoms with E-state index < -0.39 is 6.04 Å². The first kappa shape index (κ1) is 31.4. The second-order valence-corrected chi connectivity index (χ2v) is 12.6. The average molecular weight is 654 g/mol. The van der Waals surface area contributed by atoms with Crippen LogP contribution in [0.15, 0.2) is 77.9 Å². The van der Waals surface area contributed by atoms with Gasteiger partial charge in [-0.15, -0.1) is 0 Å². The van der Waals surface area contributed by atoms with E-state index in [-0.39, 0.29) is 30.6 Å². The number of hydrogen-bond donors (Lipinski definition) is 1. The number of carbonyl (C=O) groups excluding carboxylic acids is 3. The number of Topliss-reactive ketones (excluding diaryl/α,β-unsaturated/α-hetero) is 1. The molecule has 220 valence electrons. The van der Waals surface area contributed by atoms with E-state index in [2.05, 4.69) is 5.32 Å². The Morgan fingerprint density at radius 2 is 1.40 bits per heavy atom. The van der Waals surface area contributed by atoms with Crippen molar-refractivity contribution in [2.24, 2.45) is 0 Å². The van der Waals surface area contributed by atoms with Gasteiger partial charge in [0.2, 0.25) is 13.2 Å². The Morgan fingerprint density at radius 1 is 0.837 bits per heavy atom. The van der Waals surface area contributed by atoms with Crippen LogP contribution in [0.3, 0.4) is 0 Å². The predicted molar refractivity (Wildman–Crippen MR) is 178 cm³/mol. The molecule has 0 radical (unpaired) electrons. The number of halogens is 4. The molecule has 10 heteroatoms. The minimum atomic E-state index is -0.791. The highest BCUT2D eigenvalue weighted by molar-refractivity contribution is 6.74. The largest absolute Gasteiger partial charge is 0.353 e. The van der Waals surface area contributed by atoms with E-state index in [1.807, 2.05) is 30.3 Å². The van der Waals surface area contributed by atoms with Gasteiger partial charge in [-0.05, 0) is 53.1 Å². The van der Waals surface area contributed by atoms with E-state index in [0.29, 0.717) is 61.9 Å². The zero-order valence-corrected chi connectivity index (χ0v) is 26.3. The van der Waals surface area contributed by atoms with Crippen LogP contribution in [0, 0.1) is 0 Å². The van der Waals surface area contributed by atoms with Crippen molar-refractivity contribution in [1.29, 1.82) is 0 Å². The summed E-state index contributed by atoms with van der Waals surface area (Å²) >= 11 is 24.7. The molecular weight excluding hydrogens is 625 g/mol. The normalized spacial score (nSPS) is 18.0. The first-order valence-corrected chi connectivity index (χ1v) is 15.7. The molecule has 2 aliphatic rings. The fourth-order valence-electron chi connectivity index (χ4n) is 5.28. The van der Waals surface area contributed by atoms with Gasteiger partial charge in [0, 0.05) is 30.7 Å². The fraction of sp³-hybridized carbons (Fsp3) is 0.242. The number of carbonyl (C=O) groups is 3. The molecule has 2 fully saturated rings. The number of nitrogens with one attached hydrogen (secondary N) is 1. The highest BCUT2D eigenvalue weighted by Gasteiger charge is 2.34. The van der Waals surface area contributed by atoms with Crippen LogP contribution in [0.5, 0.6) is 0 Å². The van der Waals surface area contributed by atoms with Gasteiger partial charge >= 0.3 is 0 Å². The van der Waals surface area contributed by atoms with Gasteiger partial charge in [0.05, 0.1) is 20.1 Å². The van der Waals surface area contributed by atoms with Gasteiger partial charge in [-0.25, -0.2) is 0 Å². The molecule has 0 bridgehead atoms. The Kier molecular flexibility index (Phi) is 10.3. The summed E-state index contributed by atoms with van der Waals surface area (Å²) in [5, 5.41) is 4.53. The lowest BCUT2D eigenvalue weighted by atomic mass is 9.55. The van der Waals surface area contributed by atoms with Gasteiger partial charge < -0.3 is 10.2 Å². The third kappa shape index (κ3) is 8.13. The third-order valence-electron chi connectivity index (χ3n) is 7.80. The monoisotopic (exact) mass is 652 g/mol. The van der Waals surface area contributed by atoms with Crippen LogP contribution >= 0.6 is 46.4 Å². The summed E-state index contributed by atoms with van der Waals surface area (Å²) in [5.74, 6) is -0.236. The summed E-state index contributed by atoms with van der Waals surface area (Å²) in [4.78, 5) is 42.5. The summed E-state index contributed by atoms with van der Waals surface area (Å²) < 4.78 is 0. The van der Waals surface area contributed by atoms with Crippen molar-refractivity contribution in [3.63, 3.8) is 0 Å². The van der Waals surface area contributed by atoms with Crippen molar-refractivity contribution in [3.05, 3.63) is 115 Å². The van der Waals surface area contributed by atoms with Crippen LogP contribution < -0.4 is 5.32 Å². The minimum Gasteiger partial charge on any atom is -0.353 e. The fourth-order valence-corrected chi connectivity index (χ4v) is 5.90. The number of likely N-dealkylation sites (tertiary alicyclic amines) is 1. The van der Waals surface area contributed by atoms with E-state index in [1.165, 1.54) is 0 Å². The topological polar surface area (TPSA) is 66.5 Å². The van der Waals surface area contributed by atoms with Crippen LogP contribution in [-0.2, 0) is 16.0 Å². The van der Waals surface area contributed by atoms with Crippen molar-refractivity contribution in [2.45, 2.75) is 37.5 Å². The van der Waals surface area contributed by atoms with Gasteiger partial charge in [0.1, 0.15) is 6.04 Å². The van der Waals surface area contributed by atoms with Gasteiger partial charge in [-0.1, -0.05) is 114 Å². The molecule has 1 N–H and O–H groups in total. The van der Waals surface area contributed by atoms with Gasteiger partial charge in [0.25, 0.3) is 0 Å². The molecular formula is C33H29BCl4N2O3. The summed E-state index contributed by atoms with van der Waals surface area (Å²) in [6.07, 6.45) is 6.96. The molecule has 1 aliphatic heterocycles. The quantitative estimate of drug-likeness (QED) is 0.199. The minimum absolute atomic E-state index is 0.0699. The Balaban J connectivity index is 1.48. The Morgan fingerprint density at radius 3 is 1.88 bits per heavy atom. The highest BCUT2D eigenvalue weighted by atomic mass is 35.5. The summed E-state index contributed by atoms with van der Waals surface area (Å²) in [7, 11) is 0.405. The number of nitrogens with zero attached hydrogens (tertiary/aromatic N) is 1. The van der Waals surface area contributed by atoms with Crippen LogP contribution in [-0.4, -0.2) is 48.8 Å². The Bertz CT molecular complexity index is 1530. The number of piperidine rings is 1. The van der Waals surface area contributed by atoms with Crippen molar-refractivity contribution in [1.82, 2.24) is 10.2 Å². The Hall–Kier alpha value is -3.03. The molecule has 1 aliphatic carbocycles. The molecule has 1 saturated carbocycles. The van der Waals surface area contributed by atoms with E-state index in [0.717, 1.165) is 24.8 Å². The number of rotatable bonds is 8. The van der Waals surface area contributed by atoms with Crippen LogP contribution in [0.25, 0.3) is 12.2 Å². The second kappa shape index (κ2) is 14.2.